The topological polar surface area (TPSA) is 62.2 Å². The molecule has 2 heterocycles. The molecule has 6 heteroatoms. The van der Waals surface area contributed by atoms with Crippen LogP contribution in [0.4, 0.5) is 8.78 Å². The van der Waals surface area contributed by atoms with Gasteiger partial charge in [0.25, 0.3) is 0 Å². The summed E-state index contributed by atoms with van der Waals surface area (Å²) < 4.78 is 26.0. The van der Waals surface area contributed by atoms with Gasteiger partial charge in [-0.1, -0.05) is 0 Å². The minimum atomic E-state index is -0.968. The summed E-state index contributed by atoms with van der Waals surface area (Å²) in [6, 6.07) is -0.393. The van der Waals surface area contributed by atoms with Crippen molar-refractivity contribution in [3.8, 4) is 0 Å². The van der Waals surface area contributed by atoms with Gasteiger partial charge in [0.05, 0.1) is 17.9 Å². The average molecular weight is 228 g/mol. The number of carboxylic acid groups (broad SMARTS) is 1. The molecule has 2 rings (SSSR count). The van der Waals surface area contributed by atoms with Gasteiger partial charge in [-0.05, 0) is 12.8 Å². The SMILES string of the molecule is O=C(O)[C@H]1CC[C@H](c2ncc(F)cc2F)N1. The number of halogens is 2. The summed E-state index contributed by atoms with van der Waals surface area (Å²) in [5.74, 6) is -2.46. The van der Waals surface area contributed by atoms with E-state index in [2.05, 4.69) is 10.3 Å². The Labute approximate surface area is 90.3 Å². The first-order valence-electron chi connectivity index (χ1n) is 4.87. The van der Waals surface area contributed by atoms with Crippen molar-refractivity contribution in [2.45, 2.75) is 24.9 Å². The van der Waals surface area contributed by atoms with Crippen molar-refractivity contribution >= 4 is 5.97 Å². The van der Waals surface area contributed by atoms with Gasteiger partial charge in [-0.15, -0.1) is 0 Å². The van der Waals surface area contributed by atoms with Crippen molar-refractivity contribution in [2.75, 3.05) is 0 Å². The second kappa shape index (κ2) is 4.13. The number of pyridine rings is 1. The van der Waals surface area contributed by atoms with Gasteiger partial charge in [-0.2, -0.15) is 0 Å². The molecule has 0 aliphatic carbocycles. The number of carboxylic acids is 1. The van der Waals surface area contributed by atoms with Gasteiger partial charge in [-0.25, -0.2) is 8.78 Å². The number of nitrogens with zero attached hydrogens (tertiary/aromatic N) is 1. The predicted molar refractivity (Wildman–Crippen MR) is 50.7 cm³/mol. The molecular weight excluding hydrogens is 218 g/mol. The molecule has 0 aromatic carbocycles. The largest absolute Gasteiger partial charge is 0.480 e. The Kier molecular flexibility index (Phi) is 2.82. The molecular formula is C10H10F2N2O2. The minimum Gasteiger partial charge on any atom is -0.480 e. The summed E-state index contributed by atoms with van der Waals surface area (Å²) in [7, 11) is 0. The number of aromatic nitrogens is 1. The first-order valence-corrected chi connectivity index (χ1v) is 4.87. The maximum absolute atomic E-state index is 13.3. The van der Waals surface area contributed by atoms with Crippen molar-refractivity contribution in [2.24, 2.45) is 0 Å². The Bertz CT molecular complexity index is 425. The summed E-state index contributed by atoms with van der Waals surface area (Å²) in [6.07, 6.45) is 1.82. The lowest BCUT2D eigenvalue weighted by Crippen LogP contribution is -2.32. The zero-order chi connectivity index (χ0) is 11.7. The summed E-state index contributed by atoms with van der Waals surface area (Å²) in [6.45, 7) is 0. The molecule has 0 radical (unpaired) electrons. The van der Waals surface area contributed by atoms with Crippen LogP contribution in [0.15, 0.2) is 12.3 Å². The van der Waals surface area contributed by atoms with Gasteiger partial charge in [-0.3, -0.25) is 15.1 Å². The Balaban J connectivity index is 2.17. The lowest BCUT2D eigenvalue weighted by molar-refractivity contribution is -0.139. The molecule has 1 aromatic rings. The van der Waals surface area contributed by atoms with Gasteiger partial charge >= 0.3 is 5.97 Å². The minimum absolute atomic E-state index is 0.0742. The average Bonchev–Trinajstić information content (AvgIpc) is 2.66. The molecule has 1 aliphatic rings. The molecule has 0 spiro atoms. The van der Waals surface area contributed by atoms with Gasteiger partial charge in [0.1, 0.15) is 17.7 Å². The van der Waals surface area contributed by atoms with E-state index in [1.807, 2.05) is 0 Å². The Morgan fingerprint density at radius 3 is 2.81 bits per heavy atom. The predicted octanol–water partition coefficient (Wildman–Crippen LogP) is 1.24. The van der Waals surface area contributed by atoms with Crippen LogP contribution in [-0.2, 0) is 4.79 Å². The molecule has 2 N–H and O–H groups in total. The number of aliphatic carboxylic acids is 1. The van der Waals surface area contributed by atoms with Crippen LogP contribution in [0.25, 0.3) is 0 Å². The van der Waals surface area contributed by atoms with Crippen LogP contribution in [0.5, 0.6) is 0 Å². The summed E-state index contributed by atoms with van der Waals surface area (Å²) in [5, 5.41) is 11.5. The second-order valence-corrected chi connectivity index (χ2v) is 3.71. The van der Waals surface area contributed by atoms with Crippen LogP contribution < -0.4 is 5.32 Å². The number of carbonyl (C=O) groups is 1. The molecule has 2 atom stereocenters. The van der Waals surface area contributed by atoms with Crippen molar-refractivity contribution < 1.29 is 18.7 Å². The summed E-state index contributed by atoms with van der Waals surface area (Å²) in [4.78, 5) is 14.3. The smallest absolute Gasteiger partial charge is 0.320 e. The van der Waals surface area contributed by atoms with Crippen LogP contribution in [0.3, 0.4) is 0 Å². The van der Waals surface area contributed by atoms with Gasteiger partial charge in [0, 0.05) is 6.07 Å². The van der Waals surface area contributed by atoms with Crippen LogP contribution in [-0.4, -0.2) is 22.1 Å². The summed E-state index contributed by atoms with van der Waals surface area (Å²) >= 11 is 0. The third kappa shape index (κ3) is 2.01. The van der Waals surface area contributed by atoms with Gasteiger partial charge in [0.2, 0.25) is 0 Å². The van der Waals surface area contributed by atoms with E-state index in [0.29, 0.717) is 12.8 Å². The van der Waals surface area contributed by atoms with Crippen molar-refractivity contribution in [1.29, 1.82) is 0 Å². The highest BCUT2D eigenvalue weighted by Gasteiger charge is 2.31. The quantitative estimate of drug-likeness (QED) is 0.799. The van der Waals surface area contributed by atoms with E-state index in [1.165, 1.54) is 0 Å². The second-order valence-electron chi connectivity index (χ2n) is 3.71. The monoisotopic (exact) mass is 228 g/mol. The molecule has 0 bridgehead atoms. The van der Waals surface area contributed by atoms with Gasteiger partial charge in [0.15, 0.2) is 0 Å². The fraction of sp³-hybridized carbons (Fsp3) is 0.400. The Hall–Kier alpha value is -1.56. The van der Waals surface area contributed by atoms with E-state index in [1.54, 1.807) is 0 Å². The maximum atomic E-state index is 13.3. The molecule has 4 nitrogen and oxygen atoms in total. The first kappa shape index (κ1) is 10.9. The van der Waals surface area contributed by atoms with Gasteiger partial charge < -0.3 is 5.11 Å². The summed E-state index contributed by atoms with van der Waals surface area (Å²) in [5.41, 5.74) is 0.0742. The number of rotatable bonds is 2. The third-order valence-electron chi connectivity index (χ3n) is 2.61. The van der Waals surface area contributed by atoms with E-state index >= 15 is 0 Å². The highest BCUT2D eigenvalue weighted by Crippen LogP contribution is 2.27. The van der Waals surface area contributed by atoms with Crippen molar-refractivity contribution in [3.63, 3.8) is 0 Å². The normalized spacial score (nSPS) is 24.6. The number of nitrogens with one attached hydrogen (secondary N) is 1. The molecule has 16 heavy (non-hydrogen) atoms. The molecule has 86 valence electrons. The molecule has 1 fully saturated rings. The van der Waals surface area contributed by atoms with E-state index in [0.717, 1.165) is 12.3 Å². The maximum Gasteiger partial charge on any atom is 0.320 e. The lowest BCUT2D eigenvalue weighted by Gasteiger charge is -2.11. The lowest BCUT2D eigenvalue weighted by atomic mass is 10.1. The molecule has 0 unspecified atom stereocenters. The van der Waals surface area contributed by atoms with E-state index < -0.39 is 29.7 Å². The fourth-order valence-corrected chi connectivity index (χ4v) is 1.83. The highest BCUT2D eigenvalue weighted by molar-refractivity contribution is 5.73. The molecule has 1 saturated heterocycles. The van der Waals surface area contributed by atoms with E-state index in [4.69, 9.17) is 5.11 Å². The standard InChI is InChI=1S/C10H10F2N2O2/c11-5-3-6(12)9(13-4-5)7-1-2-8(14-7)10(15)16/h3-4,7-8,14H,1-2H2,(H,15,16)/t7-,8-/m1/s1. The Morgan fingerprint density at radius 1 is 1.50 bits per heavy atom. The van der Waals surface area contributed by atoms with Crippen molar-refractivity contribution in [1.82, 2.24) is 10.3 Å². The molecule has 1 aliphatic heterocycles. The highest BCUT2D eigenvalue weighted by atomic mass is 19.1. The van der Waals surface area contributed by atoms with Crippen LogP contribution in [0.2, 0.25) is 0 Å². The first-order chi connectivity index (χ1) is 7.58. The zero-order valence-electron chi connectivity index (χ0n) is 8.28. The van der Waals surface area contributed by atoms with Crippen LogP contribution >= 0.6 is 0 Å². The zero-order valence-corrected chi connectivity index (χ0v) is 8.28. The molecule has 0 amide bonds. The van der Waals surface area contributed by atoms with Crippen LogP contribution in [0, 0.1) is 11.6 Å². The van der Waals surface area contributed by atoms with E-state index in [-0.39, 0.29) is 5.69 Å². The number of hydrogen-bond acceptors (Lipinski definition) is 3. The Morgan fingerprint density at radius 2 is 2.25 bits per heavy atom. The molecule has 1 aromatic heterocycles. The molecule has 0 saturated carbocycles. The van der Waals surface area contributed by atoms with E-state index in [9.17, 15) is 13.6 Å². The van der Waals surface area contributed by atoms with Crippen molar-refractivity contribution in [3.05, 3.63) is 29.6 Å². The fourth-order valence-electron chi connectivity index (χ4n) is 1.83. The van der Waals surface area contributed by atoms with Crippen LogP contribution in [0.1, 0.15) is 24.6 Å². The third-order valence-corrected chi connectivity index (χ3v) is 2.61. The number of hydrogen-bond donors (Lipinski definition) is 2.